The van der Waals surface area contributed by atoms with E-state index in [1.165, 1.54) is 53.2 Å². The molecule has 4 aliphatic rings. The van der Waals surface area contributed by atoms with E-state index in [-0.39, 0.29) is 46.0 Å². The van der Waals surface area contributed by atoms with Crippen LogP contribution in [0.25, 0.3) is 0 Å². The number of fused-ring (bicyclic) bond motifs is 14. The number of allylic oxidation sites excluding steroid dienone is 4. The van der Waals surface area contributed by atoms with Gasteiger partial charge in [-0.3, -0.25) is 24.0 Å². The fourth-order valence-corrected chi connectivity index (χ4v) is 7.98. The van der Waals surface area contributed by atoms with Gasteiger partial charge in [-0.25, -0.2) is 0 Å². The molecule has 9 unspecified atom stereocenters. The molecule has 0 saturated heterocycles. The normalized spacial score (nSPS) is 31.2. The third-order valence-corrected chi connectivity index (χ3v) is 11.8. The number of amides is 1. The van der Waals surface area contributed by atoms with Crippen LogP contribution < -0.4 is 15.4 Å². The van der Waals surface area contributed by atoms with E-state index < -0.39 is 94.4 Å². The Morgan fingerprint density at radius 2 is 1.56 bits per heavy atom. The second-order valence-electron chi connectivity index (χ2n) is 16.2. The molecule has 0 fully saturated rings. The van der Waals surface area contributed by atoms with Gasteiger partial charge in [0, 0.05) is 62.3 Å². The first-order valence-electron chi connectivity index (χ1n) is 20.6. The fraction of sp³-hybridized carbons (Fsp3) is 0.578. The average Bonchev–Trinajstić information content (AvgIpc) is 3.46. The monoisotopic (exact) mass is 822 g/mol. The topological polar surface area (TPSA) is 207 Å². The Morgan fingerprint density at radius 3 is 2.20 bits per heavy atom. The Hall–Kier alpha value is -4.79. The molecular weight excluding hydrogens is 760 g/mol. The van der Waals surface area contributed by atoms with Gasteiger partial charge in [-0.2, -0.15) is 0 Å². The van der Waals surface area contributed by atoms with Crippen LogP contribution in [-0.2, 0) is 23.8 Å². The quantitative estimate of drug-likeness (QED) is 0.138. The van der Waals surface area contributed by atoms with Crippen LogP contribution in [0.4, 0.5) is 0 Å². The number of hydrogen-bond acceptors (Lipinski definition) is 13. The van der Waals surface area contributed by atoms with Crippen LogP contribution in [-0.4, -0.2) is 88.4 Å². The first-order valence-corrected chi connectivity index (χ1v) is 20.6. The summed E-state index contributed by atoms with van der Waals surface area (Å²) in [7, 11) is 1.43. The lowest BCUT2D eigenvalue weighted by Crippen LogP contribution is -2.46. The number of phenols is 1. The largest absolute Gasteiger partial charge is 0.507 e. The smallest absolute Gasteiger partial charge is 0.312 e. The van der Waals surface area contributed by atoms with Crippen molar-refractivity contribution in [2.24, 2.45) is 23.7 Å². The van der Waals surface area contributed by atoms with Gasteiger partial charge < -0.3 is 44.9 Å². The van der Waals surface area contributed by atoms with Crippen molar-refractivity contribution in [1.29, 1.82) is 0 Å². The fourth-order valence-electron chi connectivity index (χ4n) is 7.98. The predicted octanol–water partition coefficient (Wildman–Crippen LogP) is 5.91. The van der Waals surface area contributed by atoms with E-state index in [0.717, 1.165) is 32.1 Å². The Kier molecular flexibility index (Phi) is 15.9. The van der Waals surface area contributed by atoms with Crippen LogP contribution in [0, 0.1) is 30.6 Å². The molecule has 1 aromatic rings. The van der Waals surface area contributed by atoms with Crippen molar-refractivity contribution in [3.8, 4) is 11.5 Å². The number of nitrogens with one attached hydrogen (secondary N) is 2. The molecule has 5 bridgehead atoms. The molecule has 5 rings (SSSR count). The second-order valence-corrected chi connectivity index (χ2v) is 16.2. The zero-order valence-corrected chi connectivity index (χ0v) is 36.0. The molecule has 0 saturated carbocycles. The minimum atomic E-state index is -2.06. The Bertz CT molecular complexity index is 1910. The Balaban J connectivity index is 1.86. The number of hydrogen-bond donors (Lipinski definition) is 5. The molecule has 14 heteroatoms. The van der Waals surface area contributed by atoms with E-state index in [1.54, 1.807) is 39.8 Å². The minimum absolute atomic E-state index is 0.0103. The van der Waals surface area contributed by atoms with Crippen molar-refractivity contribution in [3.63, 3.8) is 0 Å². The molecular formula is C45H62N2O12. The zero-order chi connectivity index (χ0) is 43.9. The van der Waals surface area contributed by atoms with E-state index in [4.69, 9.17) is 18.9 Å². The van der Waals surface area contributed by atoms with Gasteiger partial charge in [0.25, 0.3) is 11.7 Å². The lowest BCUT2D eigenvalue weighted by molar-refractivity contribution is -0.160. The maximum atomic E-state index is 14.6. The molecule has 3 aliphatic heterocycles. The molecule has 0 radical (unpaired) electrons. The molecule has 0 aromatic heterocycles. The van der Waals surface area contributed by atoms with Gasteiger partial charge in [-0.15, -0.1) is 0 Å². The molecule has 3 heterocycles. The van der Waals surface area contributed by atoms with Crippen molar-refractivity contribution < 1.29 is 58.2 Å². The summed E-state index contributed by atoms with van der Waals surface area (Å²) in [6.07, 6.45) is 9.24. The van der Waals surface area contributed by atoms with Gasteiger partial charge in [0.1, 0.15) is 29.0 Å². The molecule has 14 nitrogen and oxygen atoms in total. The lowest BCUT2D eigenvalue weighted by Gasteiger charge is -2.38. The molecule has 1 amide bonds. The molecule has 0 spiro atoms. The number of aromatic hydroxyl groups is 1. The SMILES string of the molecule is CCCCCCCCNC1=C2NC(=O)/C(C)=C\C=C\C(C)C(O)C(C)C(O)C(C)C(OC(C)=O)C(C)C(OC)/C=C/OC3(C)Oc4c(C)c(O)c(c(c4C3=O)C1=O)C2=O. The van der Waals surface area contributed by atoms with E-state index in [9.17, 15) is 39.3 Å². The standard InChI is InChI=1S/C45H62N2O12/c1-11-12-13-14-15-16-21-46-34-35-40(53)32-31(39(34)52)33-42(28(7)38(32)51)59-45(9,43(33)54)57-22-20-30(56-10)25(4)41(58-29(8)48)27(6)37(50)26(5)36(49)23(2)18-17-19-24(3)44(55)47-35/h17-20,22-23,25-27,30,36-37,41,46,49-51H,11-16,21H2,1-10H3,(H,47,55)/b18-17+,22-20+,24-19-. The van der Waals surface area contributed by atoms with Crippen molar-refractivity contribution in [2.45, 2.75) is 131 Å². The molecule has 1 aliphatic carbocycles. The number of aliphatic hydroxyl groups is 2. The third kappa shape index (κ3) is 9.99. The predicted molar refractivity (Wildman–Crippen MR) is 220 cm³/mol. The van der Waals surface area contributed by atoms with Crippen molar-refractivity contribution in [3.05, 3.63) is 69.8 Å². The first kappa shape index (κ1) is 46.9. The van der Waals surface area contributed by atoms with Crippen molar-refractivity contribution in [2.75, 3.05) is 13.7 Å². The molecule has 9 atom stereocenters. The first-order chi connectivity index (χ1) is 27.8. The van der Waals surface area contributed by atoms with Crippen LogP contribution >= 0.6 is 0 Å². The third-order valence-electron chi connectivity index (χ3n) is 11.8. The number of unbranched alkanes of at least 4 members (excludes halogenated alkanes) is 5. The summed E-state index contributed by atoms with van der Waals surface area (Å²) in [5.41, 5.74) is -1.51. The van der Waals surface area contributed by atoms with Gasteiger partial charge in [-0.05, 0) is 26.3 Å². The van der Waals surface area contributed by atoms with Gasteiger partial charge in [-0.1, -0.05) is 85.0 Å². The number of ketones is 3. The van der Waals surface area contributed by atoms with E-state index >= 15 is 0 Å². The number of ether oxygens (including phenoxy) is 4. The summed E-state index contributed by atoms with van der Waals surface area (Å²) < 4.78 is 23.5. The van der Waals surface area contributed by atoms with E-state index in [1.807, 2.05) is 0 Å². The van der Waals surface area contributed by atoms with Crippen LogP contribution in [0.2, 0.25) is 0 Å². The number of carbonyl (C=O) groups excluding carboxylic acids is 5. The number of benzene rings is 1. The highest BCUT2D eigenvalue weighted by Gasteiger charge is 2.52. The molecule has 324 valence electrons. The molecule has 1 aromatic carbocycles. The Labute approximate surface area is 347 Å². The second kappa shape index (κ2) is 20.0. The van der Waals surface area contributed by atoms with Crippen molar-refractivity contribution >= 4 is 29.2 Å². The Morgan fingerprint density at radius 1 is 0.898 bits per heavy atom. The summed E-state index contributed by atoms with van der Waals surface area (Å²) in [5.74, 6) is -9.04. The number of phenolic OH excluding ortho intramolecular Hbond substituents is 1. The highest BCUT2D eigenvalue weighted by molar-refractivity contribution is 6.32. The number of carbonyl (C=O) groups is 5. The highest BCUT2D eigenvalue weighted by Crippen LogP contribution is 2.48. The minimum Gasteiger partial charge on any atom is -0.507 e. The lowest BCUT2D eigenvalue weighted by atomic mass is 9.78. The van der Waals surface area contributed by atoms with E-state index in [2.05, 4.69) is 17.6 Å². The van der Waals surface area contributed by atoms with Gasteiger partial charge >= 0.3 is 11.8 Å². The van der Waals surface area contributed by atoms with Crippen LogP contribution in [0.3, 0.4) is 0 Å². The zero-order valence-electron chi connectivity index (χ0n) is 36.0. The number of rotatable bonds is 10. The number of esters is 1. The van der Waals surface area contributed by atoms with Gasteiger partial charge in [0.2, 0.25) is 11.6 Å². The van der Waals surface area contributed by atoms with Crippen LogP contribution in [0.1, 0.15) is 131 Å². The molecule has 59 heavy (non-hydrogen) atoms. The van der Waals surface area contributed by atoms with Crippen LogP contribution in [0.15, 0.2) is 47.5 Å². The maximum Gasteiger partial charge on any atom is 0.312 e. The van der Waals surface area contributed by atoms with E-state index in [0.29, 0.717) is 6.42 Å². The van der Waals surface area contributed by atoms with Crippen molar-refractivity contribution in [1.82, 2.24) is 10.6 Å². The number of methoxy groups -OCH3 is 1. The summed E-state index contributed by atoms with van der Waals surface area (Å²) in [4.78, 5) is 69.3. The summed E-state index contributed by atoms with van der Waals surface area (Å²) in [6.45, 7) is 14.8. The highest BCUT2D eigenvalue weighted by atomic mass is 16.7. The van der Waals surface area contributed by atoms with Gasteiger partial charge in [0.15, 0.2) is 0 Å². The summed E-state index contributed by atoms with van der Waals surface area (Å²) in [5, 5.41) is 40.0. The molecule has 5 N–H and O–H groups in total. The summed E-state index contributed by atoms with van der Waals surface area (Å²) in [6, 6.07) is 0. The average molecular weight is 823 g/mol. The maximum absolute atomic E-state index is 14.6. The number of Topliss-reactive ketones (excluding diaryl/α,β-unsaturated/α-hetero) is 3. The van der Waals surface area contributed by atoms with Gasteiger partial charge in [0.05, 0.1) is 41.3 Å². The number of aliphatic hydroxyl groups excluding tert-OH is 2. The summed E-state index contributed by atoms with van der Waals surface area (Å²) >= 11 is 0. The van der Waals surface area contributed by atoms with Crippen LogP contribution in [0.5, 0.6) is 11.5 Å².